The van der Waals surface area contributed by atoms with Gasteiger partial charge in [-0.2, -0.15) is 0 Å². The average Bonchev–Trinajstić information content (AvgIpc) is 2.34. The molecule has 0 fully saturated rings. The number of rotatable bonds is 6. The van der Waals surface area contributed by atoms with Gasteiger partial charge in [0.1, 0.15) is 5.75 Å². The first kappa shape index (κ1) is 14.5. The molecule has 0 bridgehead atoms. The van der Waals surface area contributed by atoms with E-state index in [1.54, 1.807) is 0 Å². The van der Waals surface area contributed by atoms with Crippen LogP contribution in [0.3, 0.4) is 0 Å². The second-order valence-electron chi connectivity index (χ2n) is 4.72. The number of hydrogen-bond donors (Lipinski definition) is 2. The summed E-state index contributed by atoms with van der Waals surface area (Å²) in [4.78, 5) is 11.0. The number of hydrazine groups is 1. The lowest BCUT2D eigenvalue weighted by molar-refractivity contribution is -0.121. The van der Waals surface area contributed by atoms with E-state index in [1.165, 1.54) is 11.1 Å². The molecule has 0 atom stereocenters. The van der Waals surface area contributed by atoms with E-state index >= 15 is 0 Å². The smallest absolute Gasteiger partial charge is 0.234 e. The standard InChI is InChI=1S/C14H22N2O2/c1-10(2)12-7-6-11(3)9-13(12)18-8-4-5-14(17)16-15/h6-7,9-10H,4-5,8,15H2,1-3H3,(H,16,17). The van der Waals surface area contributed by atoms with Crippen LogP contribution in [0, 0.1) is 6.92 Å². The largest absolute Gasteiger partial charge is 0.493 e. The van der Waals surface area contributed by atoms with Gasteiger partial charge in [0, 0.05) is 6.42 Å². The SMILES string of the molecule is Cc1ccc(C(C)C)c(OCCCC(=O)NN)c1. The van der Waals surface area contributed by atoms with Crippen LogP contribution in [-0.2, 0) is 4.79 Å². The summed E-state index contributed by atoms with van der Waals surface area (Å²) in [5, 5.41) is 0. The van der Waals surface area contributed by atoms with E-state index in [4.69, 9.17) is 10.6 Å². The van der Waals surface area contributed by atoms with Crippen molar-refractivity contribution < 1.29 is 9.53 Å². The zero-order valence-electron chi connectivity index (χ0n) is 11.3. The predicted octanol–water partition coefficient (Wildman–Crippen LogP) is 2.27. The number of ether oxygens (including phenoxy) is 1. The van der Waals surface area contributed by atoms with Crippen molar-refractivity contribution in [2.75, 3.05) is 6.61 Å². The molecule has 0 saturated heterocycles. The van der Waals surface area contributed by atoms with Crippen LogP contribution in [0.4, 0.5) is 0 Å². The van der Waals surface area contributed by atoms with Crippen molar-refractivity contribution in [2.24, 2.45) is 5.84 Å². The first-order valence-corrected chi connectivity index (χ1v) is 6.27. The molecule has 1 aromatic carbocycles. The van der Waals surface area contributed by atoms with Crippen LogP contribution >= 0.6 is 0 Å². The summed E-state index contributed by atoms with van der Waals surface area (Å²) in [7, 11) is 0. The predicted molar refractivity (Wildman–Crippen MR) is 72.3 cm³/mol. The van der Waals surface area contributed by atoms with Crippen molar-refractivity contribution in [2.45, 2.75) is 39.5 Å². The maximum absolute atomic E-state index is 11.0. The maximum atomic E-state index is 11.0. The summed E-state index contributed by atoms with van der Waals surface area (Å²) >= 11 is 0. The second-order valence-corrected chi connectivity index (χ2v) is 4.72. The Morgan fingerprint density at radius 2 is 2.17 bits per heavy atom. The van der Waals surface area contributed by atoms with Gasteiger partial charge in [0.05, 0.1) is 6.61 Å². The van der Waals surface area contributed by atoms with Crippen molar-refractivity contribution in [3.05, 3.63) is 29.3 Å². The third-order valence-corrected chi connectivity index (χ3v) is 2.76. The van der Waals surface area contributed by atoms with Gasteiger partial charge in [-0.25, -0.2) is 5.84 Å². The lowest BCUT2D eigenvalue weighted by Crippen LogP contribution is -2.30. The molecular weight excluding hydrogens is 228 g/mol. The highest BCUT2D eigenvalue weighted by atomic mass is 16.5. The Hall–Kier alpha value is -1.55. The van der Waals surface area contributed by atoms with Gasteiger partial charge >= 0.3 is 0 Å². The zero-order valence-corrected chi connectivity index (χ0v) is 11.3. The lowest BCUT2D eigenvalue weighted by Gasteiger charge is -2.14. The number of amides is 1. The molecule has 0 aliphatic carbocycles. The number of carbonyl (C=O) groups excluding carboxylic acids is 1. The minimum absolute atomic E-state index is 0.160. The Kier molecular flexibility index (Phi) is 5.65. The summed E-state index contributed by atoms with van der Waals surface area (Å²) in [6.45, 7) is 6.84. The Labute approximate surface area is 108 Å². The van der Waals surface area contributed by atoms with E-state index in [1.807, 2.05) is 13.0 Å². The third kappa shape index (κ3) is 4.37. The van der Waals surface area contributed by atoms with Gasteiger partial charge < -0.3 is 4.74 Å². The summed E-state index contributed by atoms with van der Waals surface area (Å²) in [6.07, 6.45) is 1.05. The van der Waals surface area contributed by atoms with Gasteiger partial charge in [0.2, 0.25) is 5.91 Å². The molecule has 0 heterocycles. The molecule has 3 N–H and O–H groups in total. The van der Waals surface area contributed by atoms with Gasteiger partial charge in [0.25, 0.3) is 0 Å². The molecule has 1 aromatic rings. The van der Waals surface area contributed by atoms with Crippen LogP contribution in [0.15, 0.2) is 18.2 Å². The minimum atomic E-state index is -0.160. The monoisotopic (exact) mass is 250 g/mol. The summed E-state index contributed by atoms with van der Waals surface area (Å²) < 4.78 is 5.75. The van der Waals surface area contributed by atoms with Crippen LogP contribution in [0.25, 0.3) is 0 Å². The number of hydrogen-bond acceptors (Lipinski definition) is 3. The molecule has 100 valence electrons. The highest BCUT2D eigenvalue weighted by molar-refractivity contribution is 5.75. The van der Waals surface area contributed by atoms with Crippen molar-refractivity contribution >= 4 is 5.91 Å². The quantitative estimate of drug-likeness (QED) is 0.352. The van der Waals surface area contributed by atoms with Crippen LogP contribution < -0.4 is 16.0 Å². The van der Waals surface area contributed by atoms with Gasteiger partial charge in [-0.3, -0.25) is 10.2 Å². The number of carbonyl (C=O) groups is 1. The second kappa shape index (κ2) is 7.01. The molecule has 0 saturated carbocycles. The molecule has 0 aromatic heterocycles. The van der Waals surface area contributed by atoms with Crippen molar-refractivity contribution in [1.82, 2.24) is 5.43 Å². The van der Waals surface area contributed by atoms with Gasteiger partial charge in [-0.1, -0.05) is 26.0 Å². The molecule has 4 nitrogen and oxygen atoms in total. The summed E-state index contributed by atoms with van der Waals surface area (Å²) in [6, 6.07) is 6.23. The number of benzene rings is 1. The Morgan fingerprint density at radius 1 is 1.44 bits per heavy atom. The van der Waals surface area contributed by atoms with Crippen molar-refractivity contribution in [3.63, 3.8) is 0 Å². The molecule has 0 aliphatic rings. The van der Waals surface area contributed by atoms with Crippen LogP contribution in [0.5, 0.6) is 5.75 Å². The van der Waals surface area contributed by atoms with Gasteiger partial charge in [0.15, 0.2) is 0 Å². The number of nitrogens with one attached hydrogen (secondary N) is 1. The topological polar surface area (TPSA) is 64.3 Å². The average molecular weight is 250 g/mol. The fourth-order valence-corrected chi connectivity index (χ4v) is 1.73. The molecule has 0 aliphatic heterocycles. The van der Waals surface area contributed by atoms with Crippen LogP contribution in [-0.4, -0.2) is 12.5 Å². The first-order valence-electron chi connectivity index (χ1n) is 6.27. The fourth-order valence-electron chi connectivity index (χ4n) is 1.73. The number of aryl methyl sites for hydroxylation is 1. The molecule has 1 rings (SSSR count). The highest BCUT2D eigenvalue weighted by Gasteiger charge is 2.08. The zero-order chi connectivity index (χ0) is 13.5. The third-order valence-electron chi connectivity index (χ3n) is 2.76. The van der Waals surface area contributed by atoms with Gasteiger partial charge in [-0.05, 0) is 36.5 Å². The Morgan fingerprint density at radius 3 is 2.78 bits per heavy atom. The number of nitrogens with two attached hydrogens (primary N) is 1. The fraction of sp³-hybridized carbons (Fsp3) is 0.500. The van der Waals surface area contributed by atoms with Crippen LogP contribution in [0.1, 0.15) is 43.7 Å². The Balaban J connectivity index is 2.55. The first-order chi connectivity index (χ1) is 8.54. The van der Waals surface area contributed by atoms with E-state index in [2.05, 4.69) is 31.4 Å². The van der Waals surface area contributed by atoms with E-state index in [0.717, 1.165) is 5.75 Å². The Bertz CT molecular complexity index is 403. The van der Waals surface area contributed by atoms with E-state index in [9.17, 15) is 4.79 Å². The molecule has 0 unspecified atom stereocenters. The van der Waals surface area contributed by atoms with Gasteiger partial charge in [-0.15, -0.1) is 0 Å². The molecule has 18 heavy (non-hydrogen) atoms. The van der Waals surface area contributed by atoms with Crippen molar-refractivity contribution in [3.8, 4) is 5.75 Å². The lowest BCUT2D eigenvalue weighted by atomic mass is 10.0. The molecule has 0 spiro atoms. The van der Waals surface area contributed by atoms with E-state index in [0.29, 0.717) is 25.4 Å². The summed E-state index contributed by atoms with van der Waals surface area (Å²) in [5.74, 6) is 6.19. The molecule has 1 amide bonds. The van der Waals surface area contributed by atoms with E-state index < -0.39 is 0 Å². The maximum Gasteiger partial charge on any atom is 0.234 e. The molecule has 4 heteroatoms. The minimum Gasteiger partial charge on any atom is -0.493 e. The van der Waals surface area contributed by atoms with Crippen LogP contribution in [0.2, 0.25) is 0 Å². The van der Waals surface area contributed by atoms with Crippen molar-refractivity contribution in [1.29, 1.82) is 0 Å². The van der Waals surface area contributed by atoms with E-state index in [-0.39, 0.29) is 5.91 Å². The molecule has 0 radical (unpaired) electrons. The summed E-state index contributed by atoms with van der Waals surface area (Å²) in [5.41, 5.74) is 4.48. The highest BCUT2D eigenvalue weighted by Crippen LogP contribution is 2.27. The normalized spacial score (nSPS) is 10.5. The molecular formula is C14H22N2O2.